The number of aromatic nitrogens is 2. The molecule has 2 aromatic rings. The minimum absolute atomic E-state index is 0.0822. The highest BCUT2D eigenvalue weighted by Gasteiger charge is 2.55. The molecular weight excluding hydrogens is 544 g/mol. The molecule has 0 saturated carbocycles. The van der Waals surface area contributed by atoms with Crippen LogP contribution in [-0.4, -0.2) is 75.8 Å². The van der Waals surface area contributed by atoms with Crippen molar-refractivity contribution in [1.82, 2.24) is 15.2 Å². The van der Waals surface area contributed by atoms with E-state index in [9.17, 15) is 24.3 Å². The highest BCUT2D eigenvalue weighted by molar-refractivity contribution is 8.00. The van der Waals surface area contributed by atoms with E-state index in [1.165, 1.54) is 35.1 Å². The average Bonchev–Trinajstić information content (AvgIpc) is 3.45. The van der Waals surface area contributed by atoms with Crippen LogP contribution in [0.15, 0.2) is 27.3 Å². The highest BCUT2D eigenvalue weighted by atomic mass is 32.2. The fourth-order valence-electron chi connectivity index (χ4n) is 3.96. The summed E-state index contributed by atoms with van der Waals surface area (Å²) in [4.78, 5) is 59.5. The van der Waals surface area contributed by atoms with Crippen LogP contribution in [0, 0.1) is 6.92 Å². The number of nitrogen functional groups attached to an aromatic ring is 1. The molecule has 0 radical (unpaired) electrons. The summed E-state index contributed by atoms with van der Waals surface area (Å²) in [5.41, 5.74) is 9.00. The Morgan fingerprint density at radius 3 is 2.86 bits per heavy atom. The average molecular weight is 568 g/mol. The van der Waals surface area contributed by atoms with Crippen LogP contribution in [0.25, 0.3) is 0 Å². The van der Waals surface area contributed by atoms with E-state index >= 15 is 0 Å². The molecule has 2 aromatic heterocycles. The first-order valence-electron chi connectivity index (χ1n) is 10.8. The lowest BCUT2D eigenvalue weighted by molar-refractivity contribution is -0.690. The van der Waals surface area contributed by atoms with Crippen LogP contribution in [0.3, 0.4) is 0 Å². The summed E-state index contributed by atoms with van der Waals surface area (Å²) < 4.78 is 6.68. The van der Waals surface area contributed by atoms with Gasteiger partial charge in [-0.05, 0) is 0 Å². The molecule has 2 aliphatic heterocycles. The summed E-state index contributed by atoms with van der Waals surface area (Å²) in [5.74, 6) is -2.08. The number of nitrogens with one attached hydrogen (secondary N) is 1. The van der Waals surface area contributed by atoms with Gasteiger partial charge in [-0.2, -0.15) is 4.57 Å². The van der Waals surface area contributed by atoms with Crippen molar-refractivity contribution in [3.63, 3.8) is 0 Å². The number of β-lactam (4-membered cyclic amide) rings is 1. The number of carboxylic acids is 1. The summed E-state index contributed by atoms with van der Waals surface area (Å²) in [6.07, 6.45) is 0.553. The van der Waals surface area contributed by atoms with E-state index in [0.717, 1.165) is 21.9 Å². The Morgan fingerprint density at radius 1 is 1.43 bits per heavy atom. The quantitative estimate of drug-likeness (QED) is 0.0829. The highest BCUT2D eigenvalue weighted by Crippen LogP contribution is 2.40. The molecule has 0 spiro atoms. The zero-order chi connectivity index (χ0) is 26.7. The first-order valence-corrected chi connectivity index (χ1v) is 13.6. The molecule has 2 aliphatic rings. The van der Waals surface area contributed by atoms with Gasteiger partial charge in [0.05, 0.1) is 11.5 Å². The van der Waals surface area contributed by atoms with Crippen molar-refractivity contribution in [2.75, 3.05) is 25.2 Å². The number of amides is 2. The number of hydrogen-bond donors (Lipinski definition) is 3. The Bertz CT molecular complexity index is 1300. The van der Waals surface area contributed by atoms with Crippen molar-refractivity contribution in [3.8, 4) is 0 Å². The van der Waals surface area contributed by atoms with Crippen LogP contribution in [0.5, 0.6) is 0 Å². The first kappa shape index (κ1) is 26.6. The number of thioether (sulfide) groups is 1. The fraction of sp³-hybridized carbons (Fsp3) is 0.381. The fourth-order valence-corrected chi connectivity index (χ4v) is 6.82. The molecule has 2 amide bonds. The zero-order valence-corrected chi connectivity index (χ0v) is 22.2. The van der Waals surface area contributed by atoms with E-state index in [0.29, 0.717) is 24.2 Å². The van der Waals surface area contributed by atoms with Crippen molar-refractivity contribution in [3.05, 3.63) is 38.4 Å². The molecule has 4 rings (SSSR count). The van der Waals surface area contributed by atoms with Gasteiger partial charge in [-0.25, -0.2) is 9.78 Å². The Labute approximate surface area is 222 Å². The lowest BCUT2D eigenvalue weighted by atomic mass is 10.0. The molecule has 4 heterocycles. The van der Waals surface area contributed by atoms with Crippen LogP contribution < -0.4 is 15.6 Å². The maximum atomic E-state index is 13.0. The number of carboxylic acid groups (broad SMARTS) is 1. The van der Waals surface area contributed by atoms with Gasteiger partial charge in [-0.3, -0.25) is 19.3 Å². The van der Waals surface area contributed by atoms with Gasteiger partial charge in [0.2, 0.25) is 5.51 Å². The lowest BCUT2D eigenvalue weighted by Gasteiger charge is -2.49. The number of nitrogens with two attached hydrogens (primary N) is 1. The Hall–Kier alpha value is -3.50. The first-order chi connectivity index (χ1) is 17.8. The molecule has 0 unspecified atom stereocenters. The summed E-state index contributed by atoms with van der Waals surface area (Å²) in [5, 5.41) is 17.5. The molecular formula is C21H23N6O7S3+. The molecule has 4 N–H and O–H groups in total. The Balaban J connectivity index is 1.50. The normalized spacial score (nSPS) is 19.2. The standard InChI is InChI=1S/C21H22N6O7S3/c1-10-13(3-4-34-9-28)37-8-26(10)5-11-6-35-19-15(18(30)27(19)16(11)20(31)32)24-17(29)14(25-33-2)12-7-36-21(22)23-12/h7-9,15,19H,3-6H2,1-2H3,(H3-,22,23,24,29,31,32)/p+1/b25-14-/t15-,19-/m1/s1. The van der Waals surface area contributed by atoms with Gasteiger partial charge in [0.1, 0.15) is 29.9 Å². The van der Waals surface area contributed by atoms with Gasteiger partial charge in [-0.15, -0.1) is 23.1 Å². The molecule has 37 heavy (non-hydrogen) atoms. The van der Waals surface area contributed by atoms with E-state index < -0.39 is 29.2 Å². The van der Waals surface area contributed by atoms with Crippen molar-refractivity contribution in [1.29, 1.82) is 0 Å². The minimum atomic E-state index is -1.22. The van der Waals surface area contributed by atoms with Gasteiger partial charge in [-0.1, -0.05) is 16.5 Å². The molecule has 0 bridgehead atoms. The van der Waals surface area contributed by atoms with Crippen molar-refractivity contribution in [2.45, 2.75) is 31.3 Å². The number of ether oxygens (including phenoxy) is 1. The maximum absolute atomic E-state index is 13.0. The number of aliphatic carboxylic acids is 1. The number of oxime groups is 1. The second-order valence-corrected chi connectivity index (χ2v) is 10.8. The van der Waals surface area contributed by atoms with E-state index in [1.54, 1.807) is 5.38 Å². The van der Waals surface area contributed by atoms with Gasteiger partial charge in [0, 0.05) is 30.1 Å². The molecule has 16 heteroatoms. The van der Waals surface area contributed by atoms with Gasteiger partial charge >= 0.3 is 5.97 Å². The third-order valence-corrected chi connectivity index (χ3v) is 8.89. The lowest BCUT2D eigenvalue weighted by Crippen LogP contribution is -2.71. The Morgan fingerprint density at radius 2 is 2.22 bits per heavy atom. The molecule has 1 fully saturated rings. The van der Waals surface area contributed by atoms with Crippen molar-refractivity contribution < 1.29 is 38.4 Å². The van der Waals surface area contributed by atoms with Crippen LogP contribution in [0.4, 0.5) is 5.13 Å². The van der Waals surface area contributed by atoms with Crippen molar-refractivity contribution >= 4 is 69.5 Å². The molecule has 0 aliphatic carbocycles. The van der Waals surface area contributed by atoms with Crippen LogP contribution >= 0.6 is 34.4 Å². The summed E-state index contributed by atoms with van der Waals surface area (Å²) in [7, 11) is 1.27. The monoisotopic (exact) mass is 567 g/mol. The largest absolute Gasteiger partial charge is 0.477 e. The number of fused-ring (bicyclic) bond motifs is 1. The second kappa shape index (κ2) is 11.3. The molecule has 1 saturated heterocycles. The van der Waals surface area contributed by atoms with E-state index in [1.807, 2.05) is 17.0 Å². The minimum Gasteiger partial charge on any atom is -0.477 e. The number of rotatable bonds is 11. The third-order valence-electron chi connectivity index (χ3n) is 5.73. The van der Waals surface area contributed by atoms with Crippen LogP contribution in [0.2, 0.25) is 0 Å². The van der Waals surface area contributed by atoms with Gasteiger partial charge in [0.15, 0.2) is 23.1 Å². The predicted octanol–water partition coefficient (Wildman–Crippen LogP) is -0.112. The van der Waals surface area contributed by atoms with Gasteiger partial charge < -0.3 is 25.7 Å². The number of anilines is 1. The van der Waals surface area contributed by atoms with E-state index in [4.69, 9.17) is 15.3 Å². The van der Waals surface area contributed by atoms with Crippen LogP contribution in [0.1, 0.15) is 16.3 Å². The molecule has 13 nitrogen and oxygen atoms in total. The smallest absolute Gasteiger partial charge is 0.352 e. The van der Waals surface area contributed by atoms with E-state index in [-0.39, 0.29) is 35.4 Å². The second-order valence-electron chi connectivity index (χ2n) is 7.89. The van der Waals surface area contributed by atoms with Crippen molar-refractivity contribution in [2.24, 2.45) is 5.16 Å². The third kappa shape index (κ3) is 5.30. The summed E-state index contributed by atoms with van der Waals surface area (Å²) in [6, 6.07) is -0.939. The summed E-state index contributed by atoms with van der Waals surface area (Å²) >= 11 is 3.97. The number of carbonyl (C=O) groups excluding carboxylic acids is 3. The zero-order valence-electron chi connectivity index (χ0n) is 19.7. The van der Waals surface area contributed by atoms with E-state index in [2.05, 4.69) is 15.5 Å². The topological polar surface area (TPSA) is 177 Å². The number of hydrogen-bond acceptors (Lipinski definition) is 12. The van der Waals surface area contributed by atoms with Gasteiger partial charge in [0.25, 0.3) is 18.3 Å². The summed E-state index contributed by atoms with van der Waals surface area (Å²) in [6.45, 7) is 2.85. The number of nitrogens with zero attached hydrogens (tertiary/aromatic N) is 4. The Kier molecular flexibility index (Phi) is 8.09. The molecule has 2 atom stereocenters. The number of carbonyl (C=O) groups is 4. The van der Waals surface area contributed by atoms with Crippen LogP contribution in [-0.2, 0) is 41.7 Å². The predicted molar refractivity (Wildman–Crippen MR) is 135 cm³/mol. The molecule has 0 aromatic carbocycles. The molecule has 196 valence electrons. The maximum Gasteiger partial charge on any atom is 0.352 e. The number of thiazole rings is 2. The SMILES string of the molecule is CO/N=C(\C(=O)N[C@@H]1C(=O)N2C(C(=O)O)=C(C[n+]3csc(CCOC=O)c3C)CS[C@H]12)c1csc(N)n1.